The monoisotopic (exact) mass is 227 g/mol. The molecule has 86 valence electrons. The van der Waals surface area contributed by atoms with Gasteiger partial charge in [0.1, 0.15) is 15.7 Å². The van der Waals surface area contributed by atoms with E-state index in [2.05, 4.69) is 4.98 Å². The van der Waals surface area contributed by atoms with Crippen LogP contribution in [0.3, 0.4) is 0 Å². The molecule has 0 amide bonds. The van der Waals surface area contributed by atoms with Crippen molar-refractivity contribution in [3.05, 3.63) is 17.7 Å². The van der Waals surface area contributed by atoms with E-state index in [4.69, 9.17) is 25.2 Å². The fraction of sp³-hybridized carbons (Fsp3) is 0.583. The number of pyridine rings is 1. The van der Waals surface area contributed by atoms with Crippen molar-refractivity contribution in [2.24, 2.45) is 0 Å². The Hall–Kier alpha value is -0.800. The first kappa shape index (κ1) is 12.7. The van der Waals surface area contributed by atoms with E-state index in [1.54, 1.807) is 12.1 Å². The highest BCUT2D eigenvalue weighted by molar-refractivity contribution is 6.34. The molecule has 0 bridgehead atoms. The van der Waals surface area contributed by atoms with Crippen molar-refractivity contribution in [1.29, 1.82) is 0 Å². The molecule has 0 unspecified atom stereocenters. The Balaban J connectivity index is 2.32. The molecule has 1 fully saturated rings. The van der Waals surface area contributed by atoms with Gasteiger partial charge in [-0.2, -0.15) is 0 Å². The van der Waals surface area contributed by atoms with Crippen molar-refractivity contribution in [2.45, 2.75) is 45.2 Å². The summed E-state index contributed by atoms with van der Waals surface area (Å²) in [5.74, 6) is 0. The Bertz CT molecular complexity index is 410. The largest absolute Gasteiger partial charge is 0.339 e. The van der Waals surface area contributed by atoms with Gasteiger partial charge < -0.3 is 9.47 Å². The second-order valence-electron chi connectivity index (χ2n) is 5.34. The van der Waals surface area contributed by atoms with E-state index in [1.165, 1.54) is 0 Å². The first-order valence-electron chi connectivity index (χ1n) is 5.60. The van der Waals surface area contributed by atoms with Crippen LogP contribution in [0.2, 0.25) is 0 Å². The van der Waals surface area contributed by atoms with E-state index in [0.717, 1.165) is 5.56 Å². The molecule has 1 saturated heterocycles. The summed E-state index contributed by atoms with van der Waals surface area (Å²) < 4.78 is 11.8. The van der Waals surface area contributed by atoms with Crippen molar-refractivity contribution in [3.63, 3.8) is 0 Å². The van der Waals surface area contributed by atoms with Crippen LogP contribution in [0, 0.1) is 0 Å². The number of rotatable bonds is 1. The Morgan fingerprint density at radius 3 is 1.82 bits per heavy atom. The molecular formula is C12H15B2NO2. The fourth-order valence-electron chi connectivity index (χ4n) is 1.71. The van der Waals surface area contributed by atoms with Crippen LogP contribution < -0.4 is 11.2 Å². The molecule has 2 heterocycles. The van der Waals surface area contributed by atoms with Gasteiger partial charge in [0.25, 0.3) is 0 Å². The first-order chi connectivity index (χ1) is 7.71. The van der Waals surface area contributed by atoms with Gasteiger partial charge in [-0.1, -0.05) is 0 Å². The van der Waals surface area contributed by atoms with Gasteiger partial charge in [0.15, 0.2) is 6.29 Å². The number of hydrogen-bond donors (Lipinski definition) is 0. The molecule has 1 aromatic rings. The SMILES string of the molecule is [B]c1cc(C2OC(C)(C)C(C)(C)O2)cc([B])n1. The third-order valence-electron chi connectivity index (χ3n) is 3.41. The summed E-state index contributed by atoms with van der Waals surface area (Å²) in [7, 11) is 11.3. The molecule has 1 aromatic heterocycles. The third-order valence-corrected chi connectivity index (χ3v) is 3.41. The molecule has 0 aliphatic carbocycles. The molecule has 0 spiro atoms. The van der Waals surface area contributed by atoms with Crippen LogP contribution in [0.1, 0.15) is 39.5 Å². The normalized spacial score (nSPS) is 22.8. The summed E-state index contributed by atoms with van der Waals surface area (Å²) >= 11 is 0. The lowest BCUT2D eigenvalue weighted by Gasteiger charge is -2.30. The third kappa shape index (κ3) is 2.26. The topological polar surface area (TPSA) is 31.4 Å². The summed E-state index contributed by atoms with van der Waals surface area (Å²) in [5.41, 5.74) is 0.799. The molecule has 3 nitrogen and oxygen atoms in total. The van der Waals surface area contributed by atoms with E-state index in [1.807, 2.05) is 27.7 Å². The number of hydrogen-bond acceptors (Lipinski definition) is 3. The van der Waals surface area contributed by atoms with Crippen LogP contribution in [0.4, 0.5) is 0 Å². The lowest BCUT2D eigenvalue weighted by atomic mass is 9.90. The minimum atomic E-state index is -0.451. The average Bonchev–Trinajstić information content (AvgIpc) is 2.34. The van der Waals surface area contributed by atoms with Crippen molar-refractivity contribution in [2.75, 3.05) is 0 Å². The van der Waals surface area contributed by atoms with Crippen LogP contribution in [-0.2, 0) is 9.47 Å². The number of ether oxygens (including phenoxy) is 2. The summed E-state index contributed by atoms with van der Waals surface area (Å²) in [6.07, 6.45) is -0.451. The highest BCUT2D eigenvalue weighted by Crippen LogP contribution is 2.44. The van der Waals surface area contributed by atoms with E-state index < -0.39 is 6.29 Å². The maximum absolute atomic E-state index is 5.90. The van der Waals surface area contributed by atoms with Gasteiger partial charge in [0.2, 0.25) is 0 Å². The minimum Gasteiger partial charge on any atom is -0.339 e. The molecule has 17 heavy (non-hydrogen) atoms. The van der Waals surface area contributed by atoms with Gasteiger partial charge in [-0.05, 0) is 51.0 Å². The smallest absolute Gasteiger partial charge is 0.185 e. The van der Waals surface area contributed by atoms with Crippen LogP contribution in [-0.4, -0.2) is 31.9 Å². The van der Waals surface area contributed by atoms with Gasteiger partial charge in [-0.15, -0.1) is 0 Å². The maximum atomic E-state index is 5.90. The van der Waals surface area contributed by atoms with E-state index in [9.17, 15) is 0 Å². The molecule has 0 aromatic carbocycles. The quantitative estimate of drug-likeness (QED) is 0.645. The van der Waals surface area contributed by atoms with E-state index in [0.29, 0.717) is 11.2 Å². The Kier molecular flexibility index (Phi) is 2.87. The first-order valence-corrected chi connectivity index (χ1v) is 5.60. The minimum absolute atomic E-state index is 0.370. The predicted octanol–water partition coefficient (Wildman–Crippen LogP) is 0.272. The second kappa shape index (κ2) is 3.85. The zero-order valence-corrected chi connectivity index (χ0v) is 10.7. The van der Waals surface area contributed by atoms with E-state index in [-0.39, 0.29) is 11.2 Å². The van der Waals surface area contributed by atoms with Crippen molar-refractivity contribution < 1.29 is 9.47 Å². The highest BCUT2D eigenvalue weighted by Gasteiger charge is 2.49. The van der Waals surface area contributed by atoms with Crippen molar-refractivity contribution in [1.82, 2.24) is 4.98 Å². The lowest BCUT2D eigenvalue weighted by Crippen LogP contribution is -2.41. The van der Waals surface area contributed by atoms with Gasteiger partial charge in [-0.25, -0.2) is 0 Å². The average molecular weight is 227 g/mol. The Morgan fingerprint density at radius 1 is 1.00 bits per heavy atom. The highest BCUT2D eigenvalue weighted by atomic mass is 16.7. The van der Waals surface area contributed by atoms with Crippen LogP contribution in [0.15, 0.2) is 12.1 Å². The maximum Gasteiger partial charge on any atom is 0.185 e. The van der Waals surface area contributed by atoms with Crippen LogP contribution in [0.5, 0.6) is 0 Å². The molecule has 1 aliphatic rings. The predicted molar refractivity (Wildman–Crippen MR) is 68.1 cm³/mol. The van der Waals surface area contributed by atoms with Crippen LogP contribution >= 0.6 is 0 Å². The molecule has 0 saturated carbocycles. The number of aromatic nitrogens is 1. The zero-order valence-electron chi connectivity index (χ0n) is 10.7. The molecular weight excluding hydrogens is 212 g/mol. The summed E-state index contributed by atoms with van der Waals surface area (Å²) in [6, 6.07) is 3.44. The van der Waals surface area contributed by atoms with Gasteiger partial charge in [0, 0.05) is 5.56 Å². The van der Waals surface area contributed by atoms with Crippen LogP contribution in [0.25, 0.3) is 0 Å². The van der Waals surface area contributed by atoms with Crippen molar-refractivity contribution >= 4 is 26.9 Å². The molecule has 1 aliphatic heterocycles. The molecule has 2 rings (SSSR count). The zero-order chi connectivity index (χ0) is 12.8. The summed E-state index contributed by atoms with van der Waals surface area (Å²) in [6.45, 7) is 8.00. The number of nitrogens with zero attached hydrogens (tertiary/aromatic N) is 1. The Labute approximate surface area is 105 Å². The molecule has 5 heteroatoms. The van der Waals surface area contributed by atoms with Gasteiger partial charge in [-0.3, -0.25) is 4.98 Å². The fourth-order valence-corrected chi connectivity index (χ4v) is 1.71. The van der Waals surface area contributed by atoms with Gasteiger partial charge in [0.05, 0.1) is 11.2 Å². The Morgan fingerprint density at radius 2 is 1.41 bits per heavy atom. The molecule has 4 radical (unpaired) electrons. The lowest BCUT2D eigenvalue weighted by molar-refractivity contribution is -0.0895. The summed E-state index contributed by atoms with van der Waals surface area (Å²) in [4.78, 5) is 3.92. The van der Waals surface area contributed by atoms with E-state index >= 15 is 0 Å². The molecule has 0 N–H and O–H groups in total. The second-order valence-corrected chi connectivity index (χ2v) is 5.34. The standard InChI is InChI=1S/C12H15B2NO2/c1-11(2)12(3,4)17-10(16-11)7-5-8(13)15-9(14)6-7/h5-6,10H,1-4H3. The summed E-state index contributed by atoms with van der Waals surface area (Å²) in [5, 5.41) is 0. The van der Waals surface area contributed by atoms with Gasteiger partial charge >= 0.3 is 0 Å². The molecule has 0 atom stereocenters. The van der Waals surface area contributed by atoms with Crippen molar-refractivity contribution in [3.8, 4) is 0 Å².